The quantitative estimate of drug-likeness (QED) is 0.645. The van der Waals surface area contributed by atoms with Crippen LogP contribution in [0.2, 0.25) is 0 Å². The smallest absolute Gasteiger partial charge is 0.291 e. The van der Waals surface area contributed by atoms with Crippen LogP contribution in [0.15, 0.2) is 47.1 Å². The Morgan fingerprint density at radius 2 is 1.87 bits per heavy atom. The van der Waals surface area contributed by atoms with E-state index in [2.05, 4.69) is 29.6 Å². The summed E-state index contributed by atoms with van der Waals surface area (Å²) in [5, 5.41) is 5.80. The summed E-state index contributed by atoms with van der Waals surface area (Å²) in [6.45, 7) is 0.556. The predicted molar refractivity (Wildman–Crippen MR) is 116 cm³/mol. The molecule has 1 aromatic heterocycles. The van der Waals surface area contributed by atoms with E-state index in [-0.39, 0.29) is 29.7 Å². The second-order valence-electron chi connectivity index (χ2n) is 8.06. The second-order valence-corrected chi connectivity index (χ2v) is 8.06. The van der Waals surface area contributed by atoms with Gasteiger partial charge in [0.05, 0.1) is 6.26 Å². The van der Waals surface area contributed by atoms with Crippen LogP contribution in [0.5, 0.6) is 5.75 Å². The Hall–Kier alpha value is -2.80. The Labute approximate surface area is 177 Å². The number of amides is 2. The zero-order chi connectivity index (χ0) is 21.4. The third-order valence-corrected chi connectivity index (χ3v) is 5.80. The number of anilines is 1. The van der Waals surface area contributed by atoms with E-state index in [0.29, 0.717) is 18.0 Å². The lowest BCUT2D eigenvalue weighted by Gasteiger charge is -2.39. The molecular formula is C23H31N3O4. The summed E-state index contributed by atoms with van der Waals surface area (Å²) >= 11 is 0. The lowest BCUT2D eigenvalue weighted by Crippen LogP contribution is -2.53. The molecule has 0 saturated heterocycles. The maximum atomic E-state index is 12.4. The van der Waals surface area contributed by atoms with Crippen LogP contribution in [0.25, 0.3) is 0 Å². The van der Waals surface area contributed by atoms with E-state index in [0.717, 1.165) is 12.8 Å². The summed E-state index contributed by atoms with van der Waals surface area (Å²) in [7, 11) is 4.19. The summed E-state index contributed by atoms with van der Waals surface area (Å²) in [6.07, 6.45) is 8.56. The Bertz CT molecular complexity index is 825. The summed E-state index contributed by atoms with van der Waals surface area (Å²) < 4.78 is 10.7. The summed E-state index contributed by atoms with van der Waals surface area (Å²) in [5.41, 5.74) is 0.585. The van der Waals surface area contributed by atoms with Gasteiger partial charge in [-0.3, -0.25) is 9.59 Å². The molecule has 30 heavy (non-hydrogen) atoms. The van der Waals surface area contributed by atoms with Gasteiger partial charge in [-0.25, -0.2) is 0 Å². The Kier molecular flexibility index (Phi) is 7.52. The number of hydrogen-bond acceptors (Lipinski definition) is 5. The van der Waals surface area contributed by atoms with Crippen molar-refractivity contribution < 1.29 is 18.7 Å². The number of likely N-dealkylation sites (N-methyl/N-ethyl adjacent to an activating group) is 1. The molecule has 0 radical (unpaired) electrons. The molecular weight excluding hydrogens is 382 g/mol. The van der Waals surface area contributed by atoms with Crippen molar-refractivity contribution in [3.8, 4) is 5.75 Å². The highest BCUT2D eigenvalue weighted by Crippen LogP contribution is 2.30. The average molecular weight is 414 g/mol. The van der Waals surface area contributed by atoms with E-state index >= 15 is 0 Å². The zero-order valence-corrected chi connectivity index (χ0v) is 17.8. The van der Waals surface area contributed by atoms with Crippen molar-refractivity contribution in [2.75, 3.05) is 32.6 Å². The molecule has 1 aliphatic carbocycles. The van der Waals surface area contributed by atoms with E-state index in [9.17, 15) is 9.59 Å². The number of hydrogen-bond donors (Lipinski definition) is 2. The first kappa shape index (κ1) is 21.9. The van der Waals surface area contributed by atoms with E-state index in [1.165, 1.54) is 31.9 Å². The molecule has 0 atom stereocenters. The van der Waals surface area contributed by atoms with Crippen LogP contribution in [0.4, 0.5) is 5.69 Å². The molecule has 2 aromatic rings. The van der Waals surface area contributed by atoms with Gasteiger partial charge in [0.1, 0.15) is 5.75 Å². The first-order valence-corrected chi connectivity index (χ1v) is 10.5. The Balaban J connectivity index is 1.50. The van der Waals surface area contributed by atoms with Gasteiger partial charge >= 0.3 is 0 Å². The second kappa shape index (κ2) is 10.3. The molecule has 1 aliphatic rings. The molecule has 2 N–H and O–H groups in total. The predicted octanol–water partition coefficient (Wildman–Crippen LogP) is 3.68. The van der Waals surface area contributed by atoms with Crippen LogP contribution in [0.3, 0.4) is 0 Å². The summed E-state index contributed by atoms with van der Waals surface area (Å²) in [5.74, 6) is 0.256. The van der Waals surface area contributed by atoms with Crippen molar-refractivity contribution in [2.45, 2.75) is 44.1 Å². The Morgan fingerprint density at radius 3 is 2.53 bits per heavy atom. The first-order chi connectivity index (χ1) is 14.5. The maximum Gasteiger partial charge on any atom is 0.291 e. The minimum atomic E-state index is -0.340. The van der Waals surface area contributed by atoms with Crippen molar-refractivity contribution in [2.24, 2.45) is 0 Å². The molecule has 3 rings (SSSR count). The maximum absolute atomic E-state index is 12.4. The molecule has 0 spiro atoms. The van der Waals surface area contributed by atoms with Gasteiger partial charge in [-0.1, -0.05) is 31.7 Å². The number of furan rings is 1. The molecule has 1 heterocycles. The monoisotopic (exact) mass is 413 g/mol. The van der Waals surface area contributed by atoms with Crippen molar-refractivity contribution in [1.82, 2.24) is 10.2 Å². The highest BCUT2D eigenvalue weighted by atomic mass is 16.5. The van der Waals surface area contributed by atoms with Crippen molar-refractivity contribution in [3.63, 3.8) is 0 Å². The molecule has 7 nitrogen and oxygen atoms in total. The van der Waals surface area contributed by atoms with Crippen molar-refractivity contribution >= 4 is 17.5 Å². The largest absolute Gasteiger partial charge is 0.484 e. The molecule has 2 amide bonds. The van der Waals surface area contributed by atoms with Crippen molar-refractivity contribution in [1.29, 1.82) is 0 Å². The van der Waals surface area contributed by atoms with E-state index < -0.39 is 0 Å². The fourth-order valence-electron chi connectivity index (χ4n) is 3.90. The molecule has 1 fully saturated rings. The molecule has 0 unspecified atom stereocenters. The number of rotatable bonds is 8. The molecule has 162 valence electrons. The number of carbonyl (C=O) groups is 2. The van der Waals surface area contributed by atoms with Crippen LogP contribution in [0, 0.1) is 0 Å². The van der Waals surface area contributed by atoms with Gasteiger partial charge in [0.2, 0.25) is 0 Å². The van der Waals surface area contributed by atoms with Crippen LogP contribution < -0.4 is 15.4 Å². The topological polar surface area (TPSA) is 83.8 Å². The third kappa shape index (κ3) is 5.86. The minimum Gasteiger partial charge on any atom is -0.484 e. The van der Waals surface area contributed by atoms with Gasteiger partial charge in [-0.15, -0.1) is 0 Å². The number of nitrogens with zero attached hydrogens (tertiary/aromatic N) is 1. The van der Waals surface area contributed by atoms with Crippen LogP contribution in [0.1, 0.15) is 49.1 Å². The zero-order valence-electron chi connectivity index (χ0n) is 17.8. The summed E-state index contributed by atoms with van der Waals surface area (Å²) in [4.78, 5) is 26.7. The van der Waals surface area contributed by atoms with E-state index in [4.69, 9.17) is 9.15 Å². The normalized spacial score (nSPS) is 16.0. The SMILES string of the molecule is CN(C)C1(CNC(=O)COc2cccc(NC(=O)c3ccco3)c2)CCCCCC1. The third-order valence-electron chi connectivity index (χ3n) is 5.80. The number of carbonyl (C=O) groups excluding carboxylic acids is 2. The fraction of sp³-hybridized carbons (Fsp3) is 0.478. The van der Waals surface area contributed by atoms with Gasteiger partial charge in [-0.2, -0.15) is 0 Å². The fourth-order valence-corrected chi connectivity index (χ4v) is 3.90. The minimum absolute atomic E-state index is 0.0161. The van der Waals surface area contributed by atoms with Crippen LogP contribution in [-0.4, -0.2) is 49.5 Å². The van der Waals surface area contributed by atoms with E-state index in [1.807, 2.05) is 0 Å². The lowest BCUT2D eigenvalue weighted by molar-refractivity contribution is -0.123. The first-order valence-electron chi connectivity index (χ1n) is 10.5. The molecule has 1 saturated carbocycles. The van der Waals surface area contributed by atoms with Gasteiger partial charge in [-0.05, 0) is 51.2 Å². The lowest BCUT2D eigenvalue weighted by atomic mass is 9.88. The van der Waals surface area contributed by atoms with Crippen LogP contribution >= 0.6 is 0 Å². The Morgan fingerprint density at radius 1 is 1.10 bits per heavy atom. The highest BCUT2D eigenvalue weighted by molar-refractivity contribution is 6.02. The molecule has 0 bridgehead atoms. The average Bonchev–Trinajstić information content (AvgIpc) is 3.17. The van der Waals surface area contributed by atoms with Gasteiger partial charge < -0.3 is 24.7 Å². The standard InChI is InChI=1S/C23H31N3O4/c1-26(2)23(12-5-3-4-6-13-23)17-24-21(27)16-30-19-10-7-9-18(15-19)25-22(28)20-11-8-14-29-20/h7-11,14-15H,3-6,12-13,16-17H2,1-2H3,(H,24,27)(H,25,28). The molecule has 1 aromatic carbocycles. The summed E-state index contributed by atoms with van der Waals surface area (Å²) in [6, 6.07) is 10.2. The number of nitrogens with one attached hydrogen (secondary N) is 2. The molecule has 0 aliphatic heterocycles. The van der Waals surface area contributed by atoms with Crippen molar-refractivity contribution in [3.05, 3.63) is 48.4 Å². The van der Waals surface area contributed by atoms with Gasteiger partial charge in [0, 0.05) is 23.8 Å². The highest BCUT2D eigenvalue weighted by Gasteiger charge is 2.33. The number of benzene rings is 1. The number of ether oxygens (including phenoxy) is 1. The molecule has 7 heteroatoms. The van der Waals surface area contributed by atoms with Gasteiger partial charge in [0.25, 0.3) is 11.8 Å². The van der Waals surface area contributed by atoms with Gasteiger partial charge in [0.15, 0.2) is 12.4 Å². The van der Waals surface area contributed by atoms with E-state index in [1.54, 1.807) is 36.4 Å². The van der Waals surface area contributed by atoms with Crippen LogP contribution in [-0.2, 0) is 4.79 Å².